The third-order valence-electron chi connectivity index (χ3n) is 1.69. The predicted octanol–water partition coefficient (Wildman–Crippen LogP) is 2.95. The molecule has 0 aromatic heterocycles. The number of benzene rings is 1. The minimum absolute atomic E-state index is 0. The van der Waals surface area contributed by atoms with Crippen LogP contribution < -0.4 is 0 Å². The molecule has 0 atom stereocenters. The molecule has 1 aromatic rings. The van der Waals surface area contributed by atoms with Gasteiger partial charge in [-0.25, -0.2) is 9.59 Å². The van der Waals surface area contributed by atoms with Gasteiger partial charge >= 0.3 is 11.9 Å². The van der Waals surface area contributed by atoms with E-state index in [2.05, 4.69) is 63.7 Å². The average molecular weight is 512 g/mol. The molecule has 0 aliphatic rings. The van der Waals surface area contributed by atoms with E-state index in [1.807, 2.05) is 0 Å². The summed E-state index contributed by atoms with van der Waals surface area (Å²) in [5.41, 5.74) is -0.621. The maximum absolute atomic E-state index is 11.0. The molecule has 0 aliphatic heterocycles. The summed E-state index contributed by atoms with van der Waals surface area (Å²) in [5.74, 6) is -2.64. The molecular weight excluding hydrogens is 507 g/mol. The molecule has 0 radical (unpaired) electrons. The predicted molar refractivity (Wildman–Crippen MR) is 81.1 cm³/mol. The van der Waals surface area contributed by atoms with E-state index >= 15 is 0 Å². The third kappa shape index (κ3) is 3.34. The SMILES string of the molecule is O=C(O)c1c(Br)c(Br)c(Br)c(Br)c1C(=O)O.[AlH3]. The van der Waals surface area contributed by atoms with Crippen molar-refractivity contribution in [1.29, 1.82) is 0 Å². The van der Waals surface area contributed by atoms with Crippen LogP contribution in [-0.4, -0.2) is 39.5 Å². The second-order valence-electron chi connectivity index (χ2n) is 2.62. The van der Waals surface area contributed by atoms with Gasteiger partial charge in [0.2, 0.25) is 0 Å². The zero-order chi connectivity index (χ0) is 12.6. The van der Waals surface area contributed by atoms with Gasteiger partial charge in [0.15, 0.2) is 17.4 Å². The Morgan fingerprint density at radius 1 is 0.706 bits per heavy atom. The minimum atomic E-state index is -1.32. The van der Waals surface area contributed by atoms with E-state index in [0.29, 0.717) is 8.95 Å². The fourth-order valence-electron chi connectivity index (χ4n) is 1.03. The summed E-state index contributed by atoms with van der Waals surface area (Å²) >= 11 is 12.4. The van der Waals surface area contributed by atoms with Gasteiger partial charge in [-0.3, -0.25) is 0 Å². The van der Waals surface area contributed by atoms with Crippen molar-refractivity contribution in [2.24, 2.45) is 0 Å². The van der Waals surface area contributed by atoms with E-state index in [4.69, 9.17) is 10.2 Å². The highest BCUT2D eigenvalue weighted by molar-refractivity contribution is 9.15. The Hall–Kier alpha value is 0.612. The lowest BCUT2D eigenvalue weighted by Gasteiger charge is -2.11. The van der Waals surface area contributed by atoms with Gasteiger partial charge in [-0.15, -0.1) is 0 Å². The van der Waals surface area contributed by atoms with E-state index in [1.54, 1.807) is 0 Å². The normalized spacial score (nSPS) is 9.65. The van der Waals surface area contributed by atoms with Gasteiger partial charge in [0.1, 0.15) is 0 Å². The lowest BCUT2D eigenvalue weighted by atomic mass is 10.1. The number of carboxylic acids is 2. The Labute approximate surface area is 140 Å². The van der Waals surface area contributed by atoms with Crippen molar-refractivity contribution < 1.29 is 19.8 Å². The maximum Gasteiger partial charge on any atom is 0.337 e. The topological polar surface area (TPSA) is 74.6 Å². The van der Waals surface area contributed by atoms with Gasteiger partial charge in [-0.2, -0.15) is 0 Å². The molecular formula is C8H5AlBr4O4. The number of aromatic carboxylic acids is 2. The first kappa shape index (κ1) is 17.6. The summed E-state index contributed by atoms with van der Waals surface area (Å²) < 4.78 is 1.21. The van der Waals surface area contributed by atoms with E-state index in [9.17, 15) is 9.59 Å². The first-order chi connectivity index (χ1) is 7.29. The number of carboxylic acid groups (broad SMARTS) is 2. The van der Waals surface area contributed by atoms with Crippen LogP contribution in [0.1, 0.15) is 20.7 Å². The molecule has 9 heteroatoms. The number of carbonyl (C=O) groups is 2. The first-order valence-corrected chi connectivity index (χ1v) is 6.78. The van der Waals surface area contributed by atoms with Crippen molar-refractivity contribution in [2.45, 2.75) is 0 Å². The molecule has 0 heterocycles. The molecule has 0 saturated heterocycles. The van der Waals surface area contributed by atoms with E-state index < -0.39 is 11.9 Å². The molecule has 92 valence electrons. The van der Waals surface area contributed by atoms with Gasteiger partial charge in [0, 0.05) is 17.9 Å². The van der Waals surface area contributed by atoms with E-state index in [1.165, 1.54) is 0 Å². The lowest BCUT2D eigenvalue weighted by molar-refractivity contribution is 0.0649. The van der Waals surface area contributed by atoms with Crippen LogP contribution in [0.4, 0.5) is 0 Å². The molecule has 0 fully saturated rings. The van der Waals surface area contributed by atoms with Crippen molar-refractivity contribution in [3.8, 4) is 0 Å². The van der Waals surface area contributed by atoms with Gasteiger partial charge < -0.3 is 10.2 Å². The van der Waals surface area contributed by atoms with Crippen LogP contribution in [0.2, 0.25) is 0 Å². The van der Waals surface area contributed by atoms with Crippen molar-refractivity contribution >= 4 is 93.0 Å². The summed E-state index contributed by atoms with van der Waals surface area (Å²) in [6, 6.07) is 0. The zero-order valence-corrected chi connectivity index (χ0v) is 13.6. The molecule has 0 unspecified atom stereocenters. The Balaban J connectivity index is 0.00000256. The van der Waals surface area contributed by atoms with E-state index in [0.717, 1.165) is 0 Å². The summed E-state index contributed by atoms with van der Waals surface area (Å²) in [4.78, 5) is 22.0. The fourth-order valence-corrected chi connectivity index (χ4v) is 3.49. The molecule has 1 rings (SSSR count). The number of hydrogen-bond donors (Lipinski definition) is 2. The second-order valence-corrected chi connectivity index (χ2v) is 5.79. The van der Waals surface area contributed by atoms with Gasteiger partial charge in [0.25, 0.3) is 0 Å². The Morgan fingerprint density at radius 2 is 0.941 bits per heavy atom. The molecule has 0 spiro atoms. The van der Waals surface area contributed by atoms with Gasteiger partial charge in [0.05, 0.1) is 11.1 Å². The smallest absolute Gasteiger partial charge is 0.337 e. The molecule has 0 aliphatic carbocycles. The van der Waals surface area contributed by atoms with Crippen LogP contribution in [0.5, 0.6) is 0 Å². The largest absolute Gasteiger partial charge is 0.478 e. The van der Waals surface area contributed by atoms with Gasteiger partial charge in [-0.05, 0) is 63.7 Å². The second kappa shape index (κ2) is 6.68. The van der Waals surface area contributed by atoms with E-state index in [-0.39, 0.29) is 37.4 Å². The van der Waals surface area contributed by atoms with Crippen LogP contribution >= 0.6 is 63.7 Å². The van der Waals surface area contributed by atoms with Crippen LogP contribution in [0, 0.1) is 0 Å². The van der Waals surface area contributed by atoms with Crippen molar-refractivity contribution in [2.75, 3.05) is 0 Å². The molecule has 1 aromatic carbocycles. The zero-order valence-electron chi connectivity index (χ0n) is 7.22. The quantitative estimate of drug-likeness (QED) is 0.364. The number of hydrogen-bond acceptors (Lipinski definition) is 2. The van der Waals surface area contributed by atoms with Crippen LogP contribution in [-0.2, 0) is 0 Å². The van der Waals surface area contributed by atoms with Gasteiger partial charge in [-0.1, -0.05) is 0 Å². The van der Waals surface area contributed by atoms with Crippen molar-refractivity contribution in [1.82, 2.24) is 0 Å². The Morgan fingerprint density at radius 3 is 1.12 bits per heavy atom. The van der Waals surface area contributed by atoms with Crippen molar-refractivity contribution in [3.63, 3.8) is 0 Å². The average Bonchev–Trinajstić information content (AvgIpc) is 2.18. The Kier molecular flexibility index (Phi) is 6.93. The lowest BCUT2D eigenvalue weighted by Crippen LogP contribution is -2.11. The molecule has 0 amide bonds. The first-order valence-electron chi connectivity index (χ1n) is 3.61. The third-order valence-corrected chi connectivity index (χ3v) is 6.46. The Bertz CT molecular complexity index is 458. The van der Waals surface area contributed by atoms with Crippen LogP contribution in [0.3, 0.4) is 0 Å². The summed E-state index contributed by atoms with van der Waals surface area (Å²) in [6.07, 6.45) is 0. The maximum atomic E-state index is 11.0. The number of halogens is 4. The highest BCUT2D eigenvalue weighted by atomic mass is 79.9. The summed E-state index contributed by atoms with van der Waals surface area (Å²) in [5, 5.41) is 18.0. The summed E-state index contributed by atoms with van der Waals surface area (Å²) in [7, 11) is 0. The van der Waals surface area contributed by atoms with Crippen molar-refractivity contribution in [3.05, 3.63) is 29.0 Å². The molecule has 2 N–H and O–H groups in total. The minimum Gasteiger partial charge on any atom is -0.478 e. The molecule has 0 saturated carbocycles. The monoisotopic (exact) mass is 508 g/mol. The molecule has 4 nitrogen and oxygen atoms in total. The standard InChI is InChI=1S/C8H2Br4O4.Al.3H/c9-3-1(7(13)14)2(8(15)16)4(10)6(12)5(3)11;;;;/h(H,13,14)(H,15,16);;;;. The highest BCUT2D eigenvalue weighted by Gasteiger charge is 2.27. The van der Waals surface area contributed by atoms with Crippen LogP contribution in [0.15, 0.2) is 17.9 Å². The fraction of sp³-hybridized carbons (Fsp3) is 0. The van der Waals surface area contributed by atoms with Crippen LogP contribution in [0.25, 0.3) is 0 Å². The number of rotatable bonds is 2. The highest BCUT2D eigenvalue weighted by Crippen LogP contribution is 2.42. The molecule has 17 heavy (non-hydrogen) atoms. The molecule has 0 bridgehead atoms. The summed E-state index contributed by atoms with van der Waals surface area (Å²) in [6.45, 7) is 0.